The zero-order valence-corrected chi connectivity index (χ0v) is 11.1. The quantitative estimate of drug-likeness (QED) is 0.891. The fraction of sp³-hybridized carbons (Fsp3) is 0.533. The SMILES string of the molecule is O=C1CNC(c2cccc(F)c2)N1C1CC2CCC1O2. The fourth-order valence-electron chi connectivity index (χ4n) is 3.75. The first kappa shape index (κ1) is 12.3. The Morgan fingerprint density at radius 1 is 1.35 bits per heavy atom. The molecule has 0 radical (unpaired) electrons. The van der Waals surface area contributed by atoms with Crippen LogP contribution < -0.4 is 5.32 Å². The number of carbonyl (C=O) groups excluding carboxylic acids is 1. The van der Waals surface area contributed by atoms with Crippen LogP contribution in [-0.2, 0) is 9.53 Å². The number of fused-ring (bicyclic) bond motifs is 2. The number of halogens is 1. The summed E-state index contributed by atoms with van der Waals surface area (Å²) < 4.78 is 19.3. The van der Waals surface area contributed by atoms with E-state index in [0.29, 0.717) is 12.6 Å². The van der Waals surface area contributed by atoms with Crippen molar-refractivity contribution in [1.29, 1.82) is 0 Å². The summed E-state index contributed by atoms with van der Waals surface area (Å²) in [5, 5.41) is 3.19. The Balaban J connectivity index is 1.64. The molecule has 3 saturated heterocycles. The van der Waals surface area contributed by atoms with Gasteiger partial charge >= 0.3 is 0 Å². The molecule has 3 aliphatic rings. The molecule has 106 valence electrons. The van der Waals surface area contributed by atoms with Crippen molar-refractivity contribution >= 4 is 5.91 Å². The van der Waals surface area contributed by atoms with Crippen molar-refractivity contribution in [3.63, 3.8) is 0 Å². The molecule has 1 aromatic rings. The molecule has 4 atom stereocenters. The van der Waals surface area contributed by atoms with Gasteiger partial charge in [0.25, 0.3) is 0 Å². The van der Waals surface area contributed by atoms with Crippen LogP contribution in [0, 0.1) is 5.82 Å². The molecular formula is C15H17FN2O2. The van der Waals surface area contributed by atoms with Gasteiger partial charge in [-0.2, -0.15) is 0 Å². The van der Waals surface area contributed by atoms with E-state index >= 15 is 0 Å². The predicted molar refractivity (Wildman–Crippen MR) is 70.3 cm³/mol. The maximum atomic E-state index is 13.4. The summed E-state index contributed by atoms with van der Waals surface area (Å²) in [5.74, 6) is -0.187. The first-order valence-electron chi connectivity index (χ1n) is 7.18. The van der Waals surface area contributed by atoms with E-state index in [9.17, 15) is 9.18 Å². The van der Waals surface area contributed by atoms with Gasteiger partial charge in [-0.25, -0.2) is 4.39 Å². The average molecular weight is 276 g/mol. The molecule has 3 fully saturated rings. The van der Waals surface area contributed by atoms with E-state index in [0.717, 1.165) is 24.8 Å². The number of nitrogens with zero attached hydrogens (tertiary/aromatic N) is 1. The highest BCUT2D eigenvalue weighted by Gasteiger charge is 2.48. The summed E-state index contributed by atoms with van der Waals surface area (Å²) in [6.07, 6.45) is 3.25. The third kappa shape index (κ3) is 1.84. The summed E-state index contributed by atoms with van der Waals surface area (Å²) in [4.78, 5) is 14.1. The number of hydrogen-bond donors (Lipinski definition) is 1. The van der Waals surface area contributed by atoms with Gasteiger partial charge in [-0.3, -0.25) is 10.1 Å². The van der Waals surface area contributed by atoms with Crippen LogP contribution in [0.3, 0.4) is 0 Å². The summed E-state index contributed by atoms with van der Waals surface area (Å²) in [5.41, 5.74) is 0.804. The molecule has 1 N–H and O–H groups in total. The second-order valence-electron chi connectivity index (χ2n) is 5.82. The lowest BCUT2D eigenvalue weighted by molar-refractivity contribution is -0.131. The Morgan fingerprint density at radius 2 is 2.25 bits per heavy atom. The van der Waals surface area contributed by atoms with E-state index in [1.54, 1.807) is 6.07 Å². The molecule has 4 nitrogen and oxygen atoms in total. The van der Waals surface area contributed by atoms with Crippen molar-refractivity contribution in [3.8, 4) is 0 Å². The van der Waals surface area contributed by atoms with Crippen molar-refractivity contribution in [2.45, 2.75) is 43.7 Å². The highest BCUT2D eigenvalue weighted by molar-refractivity contribution is 5.81. The molecule has 0 saturated carbocycles. The lowest BCUT2D eigenvalue weighted by atomic mass is 9.93. The van der Waals surface area contributed by atoms with Crippen molar-refractivity contribution in [2.75, 3.05) is 6.54 Å². The van der Waals surface area contributed by atoms with E-state index < -0.39 is 0 Å². The highest BCUT2D eigenvalue weighted by atomic mass is 19.1. The van der Waals surface area contributed by atoms with Crippen LogP contribution in [0.25, 0.3) is 0 Å². The predicted octanol–water partition coefficient (Wildman–Crippen LogP) is 1.58. The van der Waals surface area contributed by atoms with Gasteiger partial charge in [0.15, 0.2) is 0 Å². The van der Waals surface area contributed by atoms with Gasteiger partial charge in [0.1, 0.15) is 12.0 Å². The molecule has 1 amide bonds. The van der Waals surface area contributed by atoms with Crippen molar-refractivity contribution < 1.29 is 13.9 Å². The molecule has 2 bridgehead atoms. The maximum absolute atomic E-state index is 13.4. The van der Waals surface area contributed by atoms with Crippen molar-refractivity contribution in [1.82, 2.24) is 10.2 Å². The van der Waals surface area contributed by atoms with Gasteiger partial charge in [-0.15, -0.1) is 0 Å². The minimum Gasteiger partial charge on any atom is -0.373 e. The maximum Gasteiger partial charge on any atom is 0.238 e. The largest absolute Gasteiger partial charge is 0.373 e. The van der Waals surface area contributed by atoms with Gasteiger partial charge in [-0.05, 0) is 37.0 Å². The Labute approximate surface area is 116 Å². The minimum absolute atomic E-state index is 0.0837. The fourth-order valence-corrected chi connectivity index (χ4v) is 3.75. The Kier molecular flexibility index (Phi) is 2.79. The number of benzene rings is 1. The molecule has 0 aliphatic carbocycles. The van der Waals surface area contributed by atoms with Crippen LogP contribution in [0.15, 0.2) is 24.3 Å². The van der Waals surface area contributed by atoms with Crippen molar-refractivity contribution in [2.24, 2.45) is 0 Å². The first-order valence-corrected chi connectivity index (χ1v) is 7.18. The van der Waals surface area contributed by atoms with E-state index in [2.05, 4.69) is 5.32 Å². The zero-order chi connectivity index (χ0) is 13.7. The second-order valence-corrected chi connectivity index (χ2v) is 5.82. The standard InChI is InChI=1S/C15H17FN2O2/c16-10-3-1-2-9(6-10)15-17-8-14(19)18(15)12-7-11-4-5-13(12)20-11/h1-3,6,11-13,15,17H,4-5,7-8H2. The molecule has 4 unspecified atom stereocenters. The van der Waals surface area contributed by atoms with Gasteiger partial charge in [0, 0.05) is 0 Å². The topological polar surface area (TPSA) is 41.6 Å². The van der Waals surface area contributed by atoms with Gasteiger partial charge in [0.2, 0.25) is 5.91 Å². The Morgan fingerprint density at radius 3 is 2.95 bits per heavy atom. The van der Waals surface area contributed by atoms with E-state index in [1.165, 1.54) is 12.1 Å². The van der Waals surface area contributed by atoms with Gasteiger partial charge in [0.05, 0.1) is 24.8 Å². The molecule has 3 heterocycles. The van der Waals surface area contributed by atoms with E-state index in [1.807, 2.05) is 11.0 Å². The van der Waals surface area contributed by atoms with Crippen LogP contribution in [0.5, 0.6) is 0 Å². The van der Waals surface area contributed by atoms with Crippen LogP contribution >= 0.6 is 0 Å². The summed E-state index contributed by atoms with van der Waals surface area (Å²) in [6.45, 7) is 0.315. The number of hydrogen-bond acceptors (Lipinski definition) is 3. The minimum atomic E-state index is -0.271. The molecule has 3 aliphatic heterocycles. The Bertz CT molecular complexity index is 550. The highest BCUT2D eigenvalue weighted by Crippen LogP contribution is 2.40. The third-order valence-electron chi connectivity index (χ3n) is 4.61. The van der Waals surface area contributed by atoms with Gasteiger partial charge in [-0.1, -0.05) is 12.1 Å². The number of ether oxygens (including phenoxy) is 1. The van der Waals surface area contributed by atoms with E-state index in [-0.39, 0.29) is 30.0 Å². The van der Waals surface area contributed by atoms with Crippen LogP contribution in [0.2, 0.25) is 0 Å². The molecule has 1 aromatic carbocycles. The Hall–Kier alpha value is -1.46. The number of rotatable bonds is 2. The normalized spacial score (nSPS) is 36.0. The molecule has 5 heteroatoms. The second kappa shape index (κ2) is 4.53. The lowest BCUT2D eigenvalue weighted by Crippen LogP contribution is -2.45. The molecular weight excluding hydrogens is 259 g/mol. The third-order valence-corrected chi connectivity index (χ3v) is 4.61. The smallest absolute Gasteiger partial charge is 0.238 e. The lowest BCUT2D eigenvalue weighted by Gasteiger charge is -2.34. The number of carbonyl (C=O) groups is 1. The molecule has 0 spiro atoms. The average Bonchev–Trinajstić information content (AvgIpc) is 3.13. The van der Waals surface area contributed by atoms with Crippen LogP contribution in [-0.4, -0.2) is 35.6 Å². The zero-order valence-electron chi connectivity index (χ0n) is 11.1. The summed E-state index contributed by atoms with van der Waals surface area (Å²) in [6, 6.07) is 6.60. The first-order chi connectivity index (χ1) is 9.72. The molecule has 4 rings (SSSR count). The van der Waals surface area contributed by atoms with E-state index in [4.69, 9.17) is 4.74 Å². The van der Waals surface area contributed by atoms with Crippen LogP contribution in [0.4, 0.5) is 4.39 Å². The van der Waals surface area contributed by atoms with Gasteiger partial charge < -0.3 is 9.64 Å². The number of nitrogens with one attached hydrogen (secondary N) is 1. The monoisotopic (exact) mass is 276 g/mol. The molecule has 0 aromatic heterocycles. The summed E-state index contributed by atoms with van der Waals surface area (Å²) in [7, 11) is 0. The van der Waals surface area contributed by atoms with Crippen LogP contribution in [0.1, 0.15) is 31.0 Å². The van der Waals surface area contributed by atoms with Crippen molar-refractivity contribution in [3.05, 3.63) is 35.6 Å². The number of amides is 1. The summed E-state index contributed by atoms with van der Waals surface area (Å²) >= 11 is 0. The molecule has 20 heavy (non-hydrogen) atoms.